The van der Waals surface area contributed by atoms with Crippen LogP contribution < -0.4 is 5.32 Å². The molecule has 0 bridgehead atoms. The maximum Gasteiger partial charge on any atom is 0.106 e. The summed E-state index contributed by atoms with van der Waals surface area (Å²) in [5, 5.41) is 3.51. The van der Waals surface area contributed by atoms with Crippen molar-refractivity contribution in [3.63, 3.8) is 0 Å². The number of nitrogens with one attached hydrogen (secondary N) is 1. The first-order valence-corrected chi connectivity index (χ1v) is 6.91. The molecule has 94 valence electrons. The molecule has 2 aliphatic rings. The van der Waals surface area contributed by atoms with Crippen LogP contribution in [0.1, 0.15) is 37.4 Å². The number of rotatable bonds is 2. The van der Waals surface area contributed by atoms with E-state index in [0.29, 0.717) is 5.92 Å². The lowest BCUT2D eigenvalue weighted by Gasteiger charge is -2.39. The van der Waals surface area contributed by atoms with E-state index >= 15 is 0 Å². The Balaban J connectivity index is 1.53. The predicted octanol–water partition coefficient (Wildman–Crippen LogP) is 2.21. The smallest absolute Gasteiger partial charge is 0.106 e. The minimum Gasteiger partial charge on any atom is -0.469 e. The van der Waals surface area contributed by atoms with E-state index in [9.17, 15) is 0 Å². The van der Waals surface area contributed by atoms with Gasteiger partial charge in [0.2, 0.25) is 0 Å². The van der Waals surface area contributed by atoms with Gasteiger partial charge in [0.05, 0.1) is 6.26 Å². The molecule has 3 rings (SSSR count). The Morgan fingerprint density at radius 3 is 2.76 bits per heavy atom. The largest absolute Gasteiger partial charge is 0.469 e. The van der Waals surface area contributed by atoms with E-state index in [1.165, 1.54) is 57.6 Å². The first kappa shape index (κ1) is 11.3. The zero-order chi connectivity index (χ0) is 11.5. The highest BCUT2D eigenvalue weighted by Crippen LogP contribution is 2.29. The minimum absolute atomic E-state index is 0.651. The summed E-state index contributed by atoms with van der Waals surface area (Å²) in [6.45, 7) is 4.86. The quantitative estimate of drug-likeness (QED) is 0.850. The summed E-state index contributed by atoms with van der Waals surface area (Å²) in [7, 11) is 0. The standard InChI is InChI=1S/C14H22N2O/c1-3-13(11-15-7-1)16-8-5-12(6-9-16)14-4-2-10-17-14/h2,4,10,12-13,15H,1,3,5-9,11H2. The van der Waals surface area contributed by atoms with Crippen LogP contribution in [0.4, 0.5) is 0 Å². The Kier molecular flexibility index (Phi) is 3.48. The SMILES string of the molecule is c1coc(C2CCN(C3CCCNC3)CC2)c1. The zero-order valence-electron chi connectivity index (χ0n) is 10.4. The Morgan fingerprint density at radius 2 is 2.12 bits per heavy atom. The molecule has 1 atom stereocenters. The van der Waals surface area contributed by atoms with Crippen LogP contribution in [0.3, 0.4) is 0 Å². The highest BCUT2D eigenvalue weighted by atomic mass is 16.3. The number of nitrogens with zero attached hydrogens (tertiary/aromatic N) is 1. The molecule has 3 heterocycles. The Bertz CT molecular complexity index is 322. The topological polar surface area (TPSA) is 28.4 Å². The molecule has 0 saturated carbocycles. The minimum atomic E-state index is 0.651. The molecule has 0 aromatic carbocycles. The molecule has 1 N–H and O–H groups in total. The fourth-order valence-electron chi connectivity index (χ4n) is 3.22. The van der Waals surface area contributed by atoms with Crippen molar-refractivity contribution in [2.45, 2.75) is 37.6 Å². The molecule has 17 heavy (non-hydrogen) atoms. The third-order valence-corrected chi connectivity index (χ3v) is 4.26. The van der Waals surface area contributed by atoms with E-state index in [1.54, 1.807) is 6.26 Å². The van der Waals surface area contributed by atoms with Gasteiger partial charge in [0.15, 0.2) is 0 Å². The third-order valence-electron chi connectivity index (χ3n) is 4.26. The van der Waals surface area contributed by atoms with Gasteiger partial charge in [0.25, 0.3) is 0 Å². The summed E-state index contributed by atoms with van der Waals surface area (Å²) in [4.78, 5) is 2.67. The summed E-state index contributed by atoms with van der Waals surface area (Å²) in [5.74, 6) is 1.84. The van der Waals surface area contributed by atoms with Gasteiger partial charge in [-0.1, -0.05) is 0 Å². The van der Waals surface area contributed by atoms with Crippen molar-refractivity contribution < 1.29 is 4.42 Å². The van der Waals surface area contributed by atoms with Crippen molar-refractivity contribution in [3.8, 4) is 0 Å². The van der Waals surface area contributed by atoms with Crippen LogP contribution in [0.25, 0.3) is 0 Å². The summed E-state index contributed by atoms with van der Waals surface area (Å²) >= 11 is 0. The molecule has 1 unspecified atom stereocenters. The predicted molar refractivity (Wildman–Crippen MR) is 68.1 cm³/mol. The molecule has 2 aliphatic heterocycles. The molecule has 1 aromatic rings. The number of hydrogen-bond acceptors (Lipinski definition) is 3. The second-order valence-electron chi connectivity index (χ2n) is 5.33. The molecule has 3 nitrogen and oxygen atoms in total. The van der Waals surface area contributed by atoms with Crippen molar-refractivity contribution in [1.82, 2.24) is 10.2 Å². The van der Waals surface area contributed by atoms with Crippen molar-refractivity contribution in [2.24, 2.45) is 0 Å². The van der Waals surface area contributed by atoms with E-state index in [2.05, 4.69) is 16.3 Å². The van der Waals surface area contributed by atoms with Gasteiger partial charge in [-0.3, -0.25) is 4.90 Å². The van der Waals surface area contributed by atoms with Gasteiger partial charge < -0.3 is 9.73 Å². The van der Waals surface area contributed by atoms with Crippen molar-refractivity contribution in [2.75, 3.05) is 26.2 Å². The number of likely N-dealkylation sites (tertiary alicyclic amines) is 1. The highest BCUT2D eigenvalue weighted by molar-refractivity contribution is 5.06. The zero-order valence-corrected chi connectivity index (χ0v) is 10.4. The molecular formula is C14H22N2O. The molecular weight excluding hydrogens is 212 g/mol. The maximum absolute atomic E-state index is 5.52. The van der Waals surface area contributed by atoms with E-state index in [4.69, 9.17) is 4.42 Å². The molecule has 2 saturated heterocycles. The molecule has 2 fully saturated rings. The Hall–Kier alpha value is -0.800. The fourth-order valence-corrected chi connectivity index (χ4v) is 3.22. The van der Waals surface area contributed by atoms with E-state index in [1.807, 2.05) is 6.07 Å². The van der Waals surface area contributed by atoms with E-state index in [0.717, 1.165) is 6.04 Å². The monoisotopic (exact) mass is 234 g/mol. The van der Waals surface area contributed by atoms with Crippen LogP contribution in [-0.2, 0) is 0 Å². The second-order valence-corrected chi connectivity index (χ2v) is 5.33. The van der Waals surface area contributed by atoms with Gasteiger partial charge in [0.1, 0.15) is 5.76 Å². The fraction of sp³-hybridized carbons (Fsp3) is 0.714. The maximum atomic E-state index is 5.52. The van der Waals surface area contributed by atoms with Gasteiger partial charge >= 0.3 is 0 Å². The first-order chi connectivity index (χ1) is 8.43. The summed E-state index contributed by atoms with van der Waals surface area (Å²) < 4.78 is 5.52. The lowest BCUT2D eigenvalue weighted by Crippen LogP contribution is -2.48. The molecule has 0 spiro atoms. The van der Waals surface area contributed by atoms with Crippen LogP contribution in [0.2, 0.25) is 0 Å². The van der Waals surface area contributed by atoms with Crippen LogP contribution in [-0.4, -0.2) is 37.1 Å². The number of hydrogen-bond donors (Lipinski definition) is 1. The first-order valence-electron chi connectivity index (χ1n) is 6.91. The van der Waals surface area contributed by atoms with Crippen molar-refractivity contribution in [1.29, 1.82) is 0 Å². The van der Waals surface area contributed by atoms with Gasteiger partial charge in [-0.25, -0.2) is 0 Å². The van der Waals surface area contributed by atoms with Crippen LogP contribution >= 0.6 is 0 Å². The van der Waals surface area contributed by atoms with E-state index < -0.39 is 0 Å². The Morgan fingerprint density at radius 1 is 1.24 bits per heavy atom. The average molecular weight is 234 g/mol. The molecule has 1 aromatic heterocycles. The average Bonchev–Trinajstić information content (AvgIpc) is 2.94. The van der Waals surface area contributed by atoms with Gasteiger partial charge in [0, 0.05) is 18.5 Å². The van der Waals surface area contributed by atoms with Crippen LogP contribution in [0.15, 0.2) is 22.8 Å². The van der Waals surface area contributed by atoms with Crippen molar-refractivity contribution in [3.05, 3.63) is 24.2 Å². The third kappa shape index (κ3) is 2.55. The van der Waals surface area contributed by atoms with E-state index in [-0.39, 0.29) is 0 Å². The molecule has 0 amide bonds. The van der Waals surface area contributed by atoms with Crippen LogP contribution in [0, 0.1) is 0 Å². The lowest BCUT2D eigenvalue weighted by atomic mass is 9.92. The highest BCUT2D eigenvalue weighted by Gasteiger charge is 2.27. The van der Waals surface area contributed by atoms with Gasteiger partial charge in [-0.2, -0.15) is 0 Å². The molecule has 0 radical (unpaired) electrons. The summed E-state index contributed by atoms with van der Waals surface area (Å²) in [6, 6.07) is 4.91. The molecule has 0 aliphatic carbocycles. The van der Waals surface area contributed by atoms with Gasteiger partial charge in [-0.05, 0) is 57.5 Å². The number of piperidine rings is 2. The van der Waals surface area contributed by atoms with Crippen molar-refractivity contribution >= 4 is 0 Å². The number of furan rings is 1. The summed E-state index contributed by atoms with van der Waals surface area (Å²) in [6.07, 6.45) is 7.02. The second kappa shape index (κ2) is 5.23. The normalized spacial score (nSPS) is 28.4. The summed E-state index contributed by atoms with van der Waals surface area (Å²) in [5.41, 5.74) is 0. The van der Waals surface area contributed by atoms with Gasteiger partial charge in [-0.15, -0.1) is 0 Å². The molecule has 3 heteroatoms. The Labute approximate surface area is 103 Å². The van der Waals surface area contributed by atoms with Crippen LogP contribution in [0.5, 0.6) is 0 Å². The lowest BCUT2D eigenvalue weighted by molar-refractivity contribution is 0.126.